The van der Waals surface area contributed by atoms with Gasteiger partial charge in [0.15, 0.2) is 6.61 Å². The number of ether oxygens (including phenoxy) is 1. The van der Waals surface area contributed by atoms with Crippen molar-refractivity contribution in [2.24, 2.45) is 5.73 Å². The quantitative estimate of drug-likeness (QED) is 0.897. The second kappa shape index (κ2) is 5.18. The van der Waals surface area contributed by atoms with E-state index in [-0.39, 0.29) is 12.6 Å². The van der Waals surface area contributed by atoms with E-state index in [4.69, 9.17) is 15.0 Å². The first kappa shape index (κ1) is 12.6. The summed E-state index contributed by atoms with van der Waals surface area (Å²) in [4.78, 5) is 4.14. The first-order chi connectivity index (χ1) is 8.56. The molecule has 1 aromatic carbocycles. The van der Waals surface area contributed by atoms with E-state index in [1.165, 1.54) is 5.56 Å². The predicted molar refractivity (Wildman–Crippen MR) is 67.1 cm³/mol. The molecule has 0 saturated carbocycles. The summed E-state index contributed by atoms with van der Waals surface area (Å²) < 4.78 is 10.6. The van der Waals surface area contributed by atoms with E-state index in [0.29, 0.717) is 11.7 Å². The summed E-state index contributed by atoms with van der Waals surface area (Å²) in [6.45, 7) is 6.12. The largest absolute Gasteiger partial charge is 0.485 e. The number of rotatable bonds is 4. The smallest absolute Gasteiger partial charge is 0.243 e. The van der Waals surface area contributed by atoms with Gasteiger partial charge in [0.25, 0.3) is 0 Å². The Balaban J connectivity index is 2.02. The highest BCUT2D eigenvalue weighted by molar-refractivity contribution is 5.35. The maximum Gasteiger partial charge on any atom is 0.243 e. The molecule has 18 heavy (non-hydrogen) atoms. The van der Waals surface area contributed by atoms with Crippen molar-refractivity contribution in [3.63, 3.8) is 0 Å². The van der Waals surface area contributed by atoms with Crippen LogP contribution in [0.2, 0.25) is 0 Å². The van der Waals surface area contributed by atoms with Gasteiger partial charge in [0, 0.05) is 0 Å². The molecule has 2 aromatic rings. The molecule has 96 valence electrons. The van der Waals surface area contributed by atoms with Crippen LogP contribution in [-0.2, 0) is 6.61 Å². The van der Waals surface area contributed by atoms with Gasteiger partial charge in [-0.2, -0.15) is 4.98 Å². The van der Waals surface area contributed by atoms with Crippen LogP contribution in [0.1, 0.15) is 35.8 Å². The van der Waals surface area contributed by atoms with Gasteiger partial charge in [0.2, 0.25) is 11.7 Å². The highest BCUT2D eigenvalue weighted by Gasteiger charge is 2.10. The Hall–Kier alpha value is -1.88. The molecule has 2 N–H and O–H groups in total. The molecule has 0 fully saturated rings. The number of hydrogen-bond acceptors (Lipinski definition) is 5. The predicted octanol–water partition coefficient (Wildman–Crippen LogP) is 2.29. The van der Waals surface area contributed by atoms with Gasteiger partial charge < -0.3 is 15.0 Å². The van der Waals surface area contributed by atoms with Crippen molar-refractivity contribution in [3.05, 3.63) is 41.0 Å². The van der Waals surface area contributed by atoms with Crippen LogP contribution in [0.3, 0.4) is 0 Å². The lowest BCUT2D eigenvalue weighted by Crippen LogP contribution is -2.05. The number of hydrogen-bond donors (Lipinski definition) is 1. The van der Waals surface area contributed by atoms with E-state index in [1.807, 2.05) is 26.0 Å². The zero-order valence-corrected chi connectivity index (χ0v) is 10.8. The third-order valence-corrected chi connectivity index (χ3v) is 2.56. The van der Waals surface area contributed by atoms with Crippen LogP contribution in [-0.4, -0.2) is 10.1 Å². The molecule has 0 saturated heterocycles. The summed E-state index contributed by atoms with van der Waals surface area (Å²) in [6.07, 6.45) is 0. The first-order valence-electron chi connectivity index (χ1n) is 5.84. The van der Waals surface area contributed by atoms with Gasteiger partial charge in [0.05, 0.1) is 6.04 Å². The standard InChI is InChI=1S/C13H17N3O2/c1-8-4-5-11(9(2)6-8)17-7-12-15-13(10(3)14)18-16-12/h4-6,10H,7,14H2,1-3H3. The average molecular weight is 247 g/mol. The Morgan fingerprint density at radius 3 is 2.78 bits per heavy atom. The van der Waals surface area contributed by atoms with Crippen molar-refractivity contribution >= 4 is 0 Å². The molecule has 5 heteroatoms. The summed E-state index contributed by atoms with van der Waals surface area (Å²) in [6, 6.07) is 5.76. The molecule has 1 atom stereocenters. The van der Waals surface area contributed by atoms with Crippen molar-refractivity contribution in [1.82, 2.24) is 10.1 Å². The first-order valence-corrected chi connectivity index (χ1v) is 5.84. The monoisotopic (exact) mass is 247 g/mol. The topological polar surface area (TPSA) is 74.2 Å². The molecule has 0 radical (unpaired) electrons. The van der Waals surface area contributed by atoms with Gasteiger partial charge in [-0.05, 0) is 32.4 Å². The summed E-state index contributed by atoms with van der Waals surface area (Å²) in [5.41, 5.74) is 7.93. The van der Waals surface area contributed by atoms with Gasteiger partial charge in [-0.3, -0.25) is 0 Å². The summed E-state index contributed by atoms with van der Waals surface area (Å²) in [7, 11) is 0. The van der Waals surface area contributed by atoms with Crippen LogP contribution in [0.25, 0.3) is 0 Å². The molecule has 5 nitrogen and oxygen atoms in total. The van der Waals surface area contributed by atoms with Crippen molar-refractivity contribution < 1.29 is 9.26 Å². The lowest BCUT2D eigenvalue weighted by Gasteiger charge is -2.07. The van der Waals surface area contributed by atoms with Crippen molar-refractivity contribution in [3.8, 4) is 5.75 Å². The van der Waals surface area contributed by atoms with Crippen molar-refractivity contribution in [1.29, 1.82) is 0 Å². The Labute approximate surface area is 106 Å². The highest BCUT2D eigenvalue weighted by Crippen LogP contribution is 2.19. The second-order valence-corrected chi connectivity index (χ2v) is 4.40. The van der Waals surface area contributed by atoms with Crippen LogP contribution in [0.5, 0.6) is 5.75 Å². The van der Waals surface area contributed by atoms with E-state index < -0.39 is 0 Å². The Bertz CT molecular complexity index is 535. The number of nitrogens with zero attached hydrogens (tertiary/aromatic N) is 2. The Morgan fingerprint density at radius 2 is 2.17 bits per heavy atom. The highest BCUT2D eigenvalue weighted by atomic mass is 16.5. The van der Waals surface area contributed by atoms with Crippen molar-refractivity contribution in [2.45, 2.75) is 33.4 Å². The average Bonchev–Trinajstić information content (AvgIpc) is 2.76. The van der Waals surface area contributed by atoms with Crippen LogP contribution in [0, 0.1) is 13.8 Å². The molecule has 2 rings (SSSR count). The molecular weight excluding hydrogens is 230 g/mol. The SMILES string of the molecule is Cc1ccc(OCc2noc(C(C)N)n2)c(C)c1. The number of aromatic nitrogens is 2. The molecule has 0 aliphatic heterocycles. The van der Waals surface area contributed by atoms with Crippen LogP contribution < -0.4 is 10.5 Å². The zero-order chi connectivity index (χ0) is 13.1. The lowest BCUT2D eigenvalue weighted by atomic mass is 10.1. The molecule has 1 unspecified atom stereocenters. The van der Waals surface area contributed by atoms with E-state index in [2.05, 4.69) is 16.2 Å². The van der Waals surface area contributed by atoms with Crippen molar-refractivity contribution in [2.75, 3.05) is 0 Å². The maximum atomic E-state index is 5.65. The fourth-order valence-corrected chi connectivity index (χ4v) is 1.61. The molecule has 0 spiro atoms. The summed E-state index contributed by atoms with van der Waals surface area (Å²) >= 11 is 0. The number of aryl methyl sites for hydroxylation is 2. The van der Waals surface area contributed by atoms with Gasteiger partial charge in [-0.1, -0.05) is 22.9 Å². The minimum absolute atomic E-state index is 0.257. The summed E-state index contributed by atoms with van der Waals surface area (Å²) in [5, 5.41) is 3.81. The van der Waals surface area contributed by atoms with E-state index >= 15 is 0 Å². The van der Waals surface area contributed by atoms with Gasteiger partial charge in [-0.25, -0.2) is 0 Å². The molecule has 1 heterocycles. The van der Waals surface area contributed by atoms with E-state index in [9.17, 15) is 0 Å². The third kappa shape index (κ3) is 2.87. The number of nitrogens with two attached hydrogens (primary N) is 1. The normalized spacial score (nSPS) is 12.4. The van der Waals surface area contributed by atoms with Crippen LogP contribution >= 0.6 is 0 Å². The Kier molecular flexibility index (Phi) is 3.62. The molecule has 0 aliphatic rings. The Morgan fingerprint density at radius 1 is 1.39 bits per heavy atom. The van der Waals surface area contributed by atoms with Crippen LogP contribution in [0.4, 0.5) is 0 Å². The second-order valence-electron chi connectivity index (χ2n) is 4.40. The zero-order valence-electron chi connectivity index (χ0n) is 10.8. The molecule has 1 aromatic heterocycles. The lowest BCUT2D eigenvalue weighted by molar-refractivity contribution is 0.282. The summed E-state index contributed by atoms with van der Waals surface area (Å²) in [5.74, 6) is 1.75. The fraction of sp³-hybridized carbons (Fsp3) is 0.385. The van der Waals surface area contributed by atoms with E-state index in [1.54, 1.807) is 6.92 Å². The fourth-order valence-electron chi connectivity index (χ4n) is 1.61. The maximum absolute atomic E-state index is 5.65. The minimum Gasteiger partial charge on any atom is -0.485 e. The molecular formula is C13H17N3O2. The molecule has 0 amide bonds. The minimum atomic E-state index is -0.257. The van der Waals surface area contributed by atoms with Crippen LogP contribution in [0.15, 0.2) is 22.7 Å². The third-order valence-electron chi connectivity index (χ3n) is 2.56. The van der Waals surface area contributed by atoms with Gasteiger partial charge in [-0.15, -0.1) is 0 Å². The van der Waals surface area contributed by atoms with Gasteiger partial charge >= 0.3 is 0 Å². The molecule has 0 bridgehead atoms. The van der Waals surface area contributed by atoms with E-state index in [0.717, 1.165) is 11.3 Å². The number of benzene rings is 1. The van der Waals surface area contributed by atoms with Gasteiger partial charge in [0.1, 0.15) is 5.75 Å². The molecule has 0 aliphatic carbocycles.